The molecule has 5 nitrogen and oxygen atoms in total. The van der Waals surface area contributed by atoms with Crippen molar-refractivity contribution in [3.8, 4) is 5.75 Å². The van der Waals surface area contributed by atoms with Gasteiger partial charge in [0.15, 0.2) is 0 Å². The van der Waals surface area contributed by atoms with Crippen LogP contribution in [0.1, 0.15) is 16.8 Å². The van der Waals surface area contributed by atoms with E-state index in [0.717, 1.165) is 5.75 Å². The monoisotopic (exact) mass is 281 g/mol. The van der Waals surface area contributed by atoms with Crippen molar-refractivity contribution in [1.29, 1.82) is 0 Å². The third-order valence-corrected chi connectivity index (χ3v) is 4.08. The summed E-state index contributed by atoms with van der Waals surface area (Å²) in [5.41, 5.74) is 0.391. The molecule has 1 fully saturated rings. The molecule has 0 bridgehead atoms. The van der Waals surface area contributed by atoms with E-state index in [2.05, 4.69) is 0 Å². The molecule has 1 heterocycles. The van der Waals surface area contributed by atoms with E-state index < -0.39 is 5.97 Å². The maximum Gasteiger partial charge on any atom is 0.305 e. The van der Waals surface area contributed by atoms with Crippen LogP contribution in [0.4, 0.5) is 0 Å². The van der Waals surface area contributed by atoms with Crippen LogP contribution in [0, 0.1) is 0 Å². The molecule has 6 heteroatoms. The fourth-order valence-electron chi connectivity index (χ4n) is 2.10. The van der Waals surface area contributed by atoms with Gasteiger partial charge in [0.2, 0.25) is 0 Å². The number of phenolic OH excluding ortho intramolecular Hbond substituents is 1. The molecule has 2 rings (SSSR count). The quantitative estimate of drug-likeness (QED) is 0.876. The zero-order chi connectivity index (χ0) is 13.8. The lowest BCUT2D eigenvalue weighted by atomic mass is 10.1. The summed E-state index contributed by atoms with van der Waals surface area (Å²) in [5, 5.41) is 18.3. The molecule has 19 heavy (non-hydrogen) atoms. The van der Waals surface area contributed by atoms with Crippen molar-refractivity contribution >= 4 is 23.6 Å². The van der Waals surface area contributed by atoms with Crippen molar-refractivity contribution in [3.05, 3.63) is 29.8 Å². The first-order chi connectivity index (χ1) is 9.08. The van der Waals surface area contributed by atoms with Crippen molar-refractivity contribution in [2.45, 2.75) is 12.5 Å². The number of carbonyl (C=O) groups excluding carboxylic acids is 1. The molecule has 1 unspecified atom stereocenters. The number of thioether (sulfide) groups is 1. The Balaban J connectivity index is 2.17. The third kappa shape index (κ3) is 3.41. The molecular weight excluding hydrogens is 266 g/mol. The van der Waals surface area contributed by atoms with Crippen LogP contribution in [-0.2, 0) is 4.79 Å². The second kappa shape index (κ2) is 5.97. The Bertz CT molecular complexity index is 491. The highest BCUT2D eigenvalue weighted by Gasteiger charge is 2.29. The number of aromatic hydroxyl groups is 1. The number of rotatable bonds is 3. The molecule has 0 aliphatic carbocycles. The van der Waals surface area contributed by atoms with E-state index in [-0.39, 0.29) is 24.1 Å². The second-order valence-corrected chi connectivity index (χ2v) is 5.53. The van der Waals surface area contributed by atoms with Gasteiger partial charge in [-0.15, -0.1) is 0 Å². The molecule has 0 aromatic heterocycles. The maximum absolute atomic E-state index is 12.4. The first-order valence-electron chi connectivity index (χ1n) is 5.97. The van der Waals surface area contributed by atoms with Gasteiger partial charge < -0.3 is 15.1 Å². The fraction of sp³-hybridized carbons (Fsp3) is 0.385. The summed E-state index contributed by atoms with van der Waals surface area (Å²) in [6, 6.07) is 5.85. The average Bonchev–Trinajstić information content (AvgIpc) is 2.38. The second-order valence-electron chi connectivity index (χ2n) is 4.38. The summed E-state index contributed by atoms with van der Waals surface area (Å²) < 4.78 is 0. The standard InChI is InChI=1S/C13H15NO4S/c15-11-3-1-2-9(6-11)13(18)14-4-5-19-8-10(14)7-12(16)17/h1-3,6,10,15H,4-5,7-8H2,(H,16,17). The topological polar surface area (TPSA) is 77.8 Å². The van der Waals surface area contributed by atoms with Gasteiger partial charge in [0.05, 0.1) is 12.5 Å². The molecule has 0 radical (unpaired) electrons. The zero-order valence-electron chi connectivity index (χ0n) is 10.3. The van der Waals surface area contributed by atoms with E-state index in [9.17, 15) is 14.7 Å². The van der Waals surface area contributed by atoms with Crippen LogP contribution < -0.4 is 0 Å². The summed E-state index contributed by atoms with van der Waals surface area (Å²) >= 11 is 1.66. The summed E-state index contributed by atoms with van der Waals surface area (Å²) in [7, 11) is 0. The number of benzene rings is 1. The minimum atomic E-state index is -0.902. The van der Waals surface area contributed by atoms with Crippen LogP contribution in [0.5, 0.6) is 5.75 Å². The number of hydrogen-bond donors (Lipinski definition) is 2. The zero-order valence-corrected chi connectivity index (χ0v) is 11.1. The minimum absolute atomic E-state index is 0.0343. The largest absolute Gasteiger partial charge is 0.508 e. The molecule has 2 N–H and O–H groups in total. The van der Waals surface area contributed by atoms with E-state index >= 15 is 0 Å². The van der Waals surface area contributed by atoms with Gasteiger partial charge in [-0.25, -0.2) is 0 Å². The van der Waals surface area contributed by atoms with Gasteiger partial charge in [-0.1, -0.05) is 6.07 Å². The number of amides is 1. The van der Waals surface area contributed by atoms with Crippen LogP contribution in [0.25, 0.3) is 0 Å². The molecule has 0 saturated carbocycles. The number of carbonyl (C=O) groups is 2. The highest BCUT2D eigenvalue weighted by molar-refractivity contribution is 7.99. The van der Waals surface area contributed by atoms with E-state index in [1.165, 1.54) is 12.1 Å². The smallest absolute Gasteiger partial charge is 0.305 e. The van der Waals surface area contributed by atoms with Crippen LogP contribution in [-0.4, -0.2) is 51.1 Å². The van der Waals surface area contributed by atoms with Gasteiger partial charge in [0.1, 0.15) is 5.75 Å². The first-order valence-corrected chi connectivity index (χ1v) is 7.13. The summed E-state index contributed by atoms with van der Waals surface area (Å²) in [6.07, 6.45) is -0.0441. The Hall–Kier alpha value is -1.69. The molecule has 102 valence electrons. The maximum atomic E-state index is 12.4. The Morgan fingerprint density at radius 3 is 2.89 bits per heavy atom. The lowest BCUT2D eigenvalue weighted by Gasteiger charge is -2.34. The van der Waals surface area contributed by atoms with E-state index in [1.54, 1.807) is 28.8 Å². The molecule has 1 atom stereocenters. The van der Waals surface area contributed by atoms with E-state index in [4.69, 9.17) is 5.11 Å². The van der Waals surface area contributed by atoms with Crippen LogP contribution in [0.3, 0.4) is 0 Å². The van der Waals surface area contributed by atoms with E-state index in [1.807, 2.05) is 0 Å². The first kappa shape index (κ1) is 13.7. The van der Waals surface area contributed by atoms with Crippen molar-refractivity contribution < 1.29 is 19.8 Å². The number of carboxylic acids is 1. The van der Waals surface area contributed by atoms with Gasteiger partial charge in [-0.3, -0.25) is 9.59 Å². The third-order valence-electron chi connectivity index (χ3n) is 2.99. The van der Waals surface area contributed by atoms with Crippen molar-refractivity contribution in [3.63, 3.8) is 0 Å². The Morgan fingerprint density at radius 1 is 1.42 bits per heavy atom. The molecule has 1 aliphatic heterocycles. The number of nitrogens with zero attached hydrogens (tertiary/aromatic N) is 1. The Morgan fingerprint density at radius 2 is 2.21 bits per heavy atom. The molecule has 1 aromatic carbocycles. The van der Waals surface area contributed by atoms with Crippen molar-refractivity contribution in [2.75, 3.05) is 18.1 Å². The number of hydrogen-bond acceptors (Lipinski definition) is 4. The molecule has 1 aliphatic rings. The van der Waals surface area contributed by atoms with Gasteiger partial charge in [0, 0.05) is 23.6 Å². The number of aliphatic carboxylic acids is 1. The van der Waals surface area contributed by atoms with Crippen LogP contribution in [0.2, 0.25) is 0 Å². The summed E-state index contributed by atoms with van der Waals surface area (Å²) in [6.45, 7) is 0.539. The van der Waals surface area contributed by atoms with Gasteiger partial charge in [-0.2, -0.15) is 11.8 Å². The molecule has 1 aromatic rings. The molecule has 0 spiro atoms. The van der Waals surface area contributed by atoms with E-state index in [0.29, 0.717) is 17.9 Å². The summed E-state index contributed by atoms with van der Waals surface area (Å²) in [5.74, 6) is 0.355. The fourth-order valence-corrected chi connectivity index (χ4v) is 3.16. The SMILES string of the molecule is O=C(O)CC1CSCCN1C(=O)c1cccc(O)c1. The minimum Gasteiger partial charge on any atom is -0.508 e. The average molecular weight is 281 g/mol. The normalized spacial score (nSPS) is 19.2. The van der Waals surface area contributed by atoms with Gasteiger partial charge in [-0.05, 0) is 18.2 Å². The Labute approximate surface area is 115 Å². The number of carboxylic acid groups (broad SMARTS) is 1. The van der Waals surface area contributed by atoms with Crippen molar-refractivity contribution in [2.24, 2.45) is 0 Å². The lowest BCUT2D eigenvalue weighted by molar-refractivity contribution is -0.138. The van der Waals surface area contributed by atoms with Crippen LogP contribution >= 0.6 is 11.8 Å². The predicted octanol–water partition coefficient (Wildman–Crippen LogP) is 1.42. The Kier molecular flexibility index (Phi) is 4.31. The predicted molar refractivity (Wildman–Crippen MR) is 72.5 cm³/mol. The summed E-state index contributed by atoms with van der Waals surface area (Å²) in [4.78, 5) is 24.8. The number of phenols is 1. The molecule has 1 amide bonds. The molecule has 1 saturated heterocycles. The molecular formula is C13H15NO4S. The lowest BCUT2D eigenvalue weighted by Crippen LogP contribution is -2.47. The van der Waals surface area contributed by atoms with Crippen molar-refractivity contribution in [1.82, 2.24) is 4.90 Å². The highest BCUT2D eigenvalue weighted by Crippen LogP contribution is 2.22. The highest BCUT2D eigenvalue weighted by atomic mass is 32.2. The van der Waals surface area contributed by atoms with Gasteiger partial charge >= 0.3 is 5.97 Å². The van der Waals surface area contributed by atoms with Crippen LogP contribution in [0.15, 0.2) is 24.3 Å². The van der Waals surface area contributed by atoms with Gasteiger partial charge in [0.25, 0.3) is 5.91 Å².